The number of halogens is 2. The molecule has 0 radical (unpaired) electrons. The molecule has 2 aromatic rings. The van der Waals surface area contributed by atoms with Gasteiger partial charge in [-0.2, -0.15) is 0 Å². The van der Waals surface area contributed by atoms with Crippen LogP contribution < -0.4 is 0 Å². The van der Waals surface area contributed by atoms with E-state index < -0.39 is 29.5 Å². The first-order chi connectivity index (χ1) is 16.8. The van der Waals surface area contributed by atoms with Crippen molar-refractivity contribution in [3.05, 3.63) is 72.1 Å². The quantitative estimate of drug-likeness (QED) is 0.612. The fourth-order valence-corrected chi connectivity index (χ4v) is 5.32. The van der Waals surface area contributed by atoms with Gasteiger partial charge in [-0.05, 0) is 43.5 Å². The van der Waals surface area contributed by atoms with Crippen molar-refractivity contribution in [1.82, 2.24) is 19.8 Å². The minimum Gasteiger partial charge on any atom is -0.342 e. The van der Waals surface area contributed by atoms with Crippen LogP contribution in [0.15, 0.2) is 66.6 Å². The van der Waals surface area contributed by atoms with Crippen molar-refractivity contribution >= 4 is 22.8 Å². The Balaban J connectivity index is 1.29. The molecule has 3 aliphatic rings. The third-order valence-corrected chi connectivity index (χ3v) is 6.99. The van der Waals surface area contributed by atoms with E-state index in [1.165, 1.54) is 6.08 Å². The Bertz CT molecular complexity index is 1260. The standard InChI is InChI=1S/C26H26F2N4O3/c1-16(14-18(28)15-17(2)27)21-6-7-22-32(21)25(34)26(35-22)8-12-31(13-9-26)24(33)19-4-3-5-20-23(19)30-11-10-29-20/h3-5,10-11,14-15,21-22H,1,6-9,12-13H2,2H3/b17-15+,18-14+/t21-,22+/m0/s1. The Kier molecular flexibility index (Phi) is 5.96. The van der Waals surface area contributed by atoms with Gasteiger partial charge in [0, 0.05) is 44.4 Å². The van der Waals surface area contributed by atoms with E-state index in [-0.39, 0.29) is 11.8 Å². The lowest BCUT2D eigenvalue weighted by atomic mass is 9.89. The van der Waals surface area contributed by atoms with Crippen molar-refractivity contribution in [1.29, 1.82) is 0 Å². The first kappa shape index (κ1) is 23.3. The number of rotatable bonds is 4. The molecule has 0 bridgehead atoms. The molecule has 3 saturated heterocycles. The smallest absolute Gasteiger partial charge is 0.257 e. The average molecular weight is 481 g/mol. The zero-order valence-electron chi connectivity index (χ0n) is 19.4. The van der Waals surface area contributed by atoms with Gasteiger partial charge in [0.05, 0.1) is 22.9 Å². The van der Waals surface area contributed by atoms with Crippen molar-refractivity contribution < 1.29 is 23.1 Å². The molecule has 1 spiro atoms. The highest BCUT2D eigenvalue weighted by atomic mass is 19.1. The fraction of sp³-hybridized carbons (Fsp3) is 0.385. The predicted molar refractivity (Wildman–Crippen MR) is 125 cm³/mol. The lowest BCUT2D eigenvalue weighted by Gasteiger charge is -2.37. The minimum atomic E-state index is -1.00. The van der Waals surface area contributed by atoms with Crippen molar-refractivity contribution in [2.24, 2.45) is 0 Å². The van der Waals surface area contributed by atoms with Gasteiger partial charge < -0.3 is 14.5 Å². The Morgan fingerprint density at radius 1 is 1.17 bits per heavy atom. The number of hydrogen-bond donors (Lipinski definition) is 0. The van der Waals surface area contributed by atoms with Gasteiger partial charge in [0.25, 0.3) is 11.8 Å². The van der Waals surface area contributed by atoms with Gasteiger partial charge in [0.2, 0.25) is 0 Å². The van der Waals surface area contributed by atoms with E-state index in [0.717, 1.165) is 13.0 Å². The summed E-state index contributed by atoms with van der Waals surface area (Å²) in [5.41, 5.74) is 1.08. The number of carbonyl (C=O) groups is 2. The molecule has 9 heteroatoms. The third-order valence-electron chi connectivity index (χ3n) is 6.99. The molecule has 182 valence electrons. The Hall–Kier alpha value is -3.46. The second-order valence-corrected chi connectivity index (χ2v) is 9.23. The number of aromatic nitrogens is 2. The number of hydrogen-bond acceptors (Lipinski definition) is 5. The van der Waals surface area contributed by atoms with Gasteiger partial charge in [-0.15, -0.1) is 0 Å². The highest BCUT2D eigenvalue weighted by Gasteiger charge is 2.58. The van der Waals surface area contributed by atoms with Crippen LogP contribution in [0.5, 0.6) is 0 Å². The van der Waals surface area contributed by atoms with Crippen LogP contribution in [0.3, 0.4) is 0 Å². The topological polar surface area (TPSA) is 75.6 Å². The van der Waals surface area contributed by atoms with E-state index in [9.17, 15) is 18.4 Å². The van der Waals surface area contributed by atoms with Crippen LogP contribution in [0.2, 0.25) is 0 Å². The summed E-state index contributed by atoms with van der Waals surface area (Å²) in [6.07, 6.45) is 6.64. The number of carbonyl (C=O) groups excluding carboxylic acids is 2. The maximum atomic E-state index is 14.0. The van der Waals surface area contributed by atoms with Crippen LogP contribution in [-0.2, 0) is 9.53 Å². The van der Waals surface area contributed by atoms with Gasteiger partial charge in [-0.1, -0.05) is 12.6 Å². The van der Waals surface area contributed by atoms with E-state index in [2.05, 4.69) is 16.5 Å². The molecule has 7 nitrogen and oxygen atoms in total. The lowest BCUT2D eigenvalue weighted by Crippen LogP contribution is -2.52. The maximum absolute atomic E-state index is 14.0. The number of fused-ring (bicyclic) bond motifs is 2. The predicted octanol–water partition coefficient (Wildman–Crippen LogP) is 4.23. The average Bonchev–Trinajstić information content (AvgIpc) is 3.36. The van der Waals surface area contributed by atoms with Crippen molar-refractivity contribution in [3.63, 3.8) is 0 Å². The second kappa shape index (κ2) is 8.96. The molecule has 1 aromatic carbocycles. The molecule has 1 aromatic heterocycles. The SMILES string of the molecule is C=C(/C=C(F)\C=C(/C)F)[C@@H]1CC[C@H]2OC3(CCN(C(=O)c4cccc5nccnc45)CC3)C(=O)N21. The summed E-state index contributed by atoms with van der Waals surface area (Å²) < 4.78 is 33.3. The molecule has 3 aliphatic heterocycles. The summed E-state index contributed by atoms with van der Waals surface area (Å²) >= 11 is 0. The van der Waals surface area contributed by atoms with E-state index in [1.54, 1.807) is 34.3 Å². The van der Waals surface area contributed by atoms with E-state index in [0.29, 0.717) is 60.9 Å². The Labute approximate surface area is 201 Å². The molecule has 3 fully saturated rings. The summed E-state index contributed by atoms with van der Waals surface area (Å²) in [5.74, 6) is -1.70. The molecular weight excluding hydrogens is 454 g/mol. The van der Waals surface area contributed by atoms with Crippen LogP contribution >= 0.6 is 0 Å². The normalized spacial score (nSPS) is 24.4. The molecule has 0 aliphatic carbocycles. The fourth-order valence-electron chi connectivity index (χ4n) is 5.32. The molecule has 5 rings (SSSR count). The van der Waals surface area contributed by atoms with Gasteiger partial charge >= 0.3 is 0 Å². The van der Waals surface area contributed by atoms with Crippen LogP contribution in [0.25, 0.3) is 11.0 Å². The molecular formula is C26H26F2N4O3. The van der Waals surface area contributed by atoms with Crippen molar-refractivity contribution in [2.45, 2.75) is 50.5 Å². The summed E-state index contributed by atoms with van der Waals surface area (Å²) in [7, 11) is 0. The van der Waals surface area contributed by atoms with Crippen LogP contribution in [-0.4, -0.2) is 62.5 Å². The van der Waals surface area contributed by atoms with Gasteiger partial charge in [-0.3, -0.25) is 19.6 Å². The van der Waals surface area contributed by atoms with Crippen molar-refractivity contribution in [2.75, 3.05) is 13.1 Å². The van der Waals surface area contributed by atoms with E-state index in [1.807, 2.05) is 6.07 Å². The zero-order valence-corrected chi connectivity index (χ0v) is 19.4. The molecule has 35 heavy (non-hydrogen) atoms. The second-order valence-electron chi connectivity index (χ2n) is 9.23. The number of allylic oxidation sites excluding steroid dienone is 3. The number of piperidine rings is 1. The third kappa shape index (κ3) is 4.14. The summed E-state index contributed by atoms with van der Waals surface area (Å²) in [6, 6.07) is 4.92. The van der Waals surface area contributed by atoms with Crippen LogP contribution in [0.4, 0.5) is 8.78 Å². The molecule has 0 saturated carbocycles. The summed E-state index contributed by atoms with van der Waals surface area (Å²) in [5, 5.41) is 0. The van der Waals surface area contributed by atoms with E-state index >= 15 is 0 Å². The number of likely N-dealkylation sites (tertiary alicyclic amines) is 1. The van der Waals surface area contributed by atoms with Gasteiger partial charge in [0.15, 0.2) is 5.60 Å². The summed E-state index contributed by atoms with van der Waals surface area (Å²) in [4.78, 5) is 38.7. The lowest BCUT2D eigenvalue weighted by molar-refractivity contribution is -0.142. The van der Waals surface area contributed by atoms with Crippen molar-refractivity contribution in [3.8, 4) is 0 Å². The minimum absolute atomic E-state index is 0.153. The Morgan fingerprint density at radius 3 is 2.66 bits per heavy atom. The Morgan fingerprint density at radius 2 is 1.91 bits per heavy atom. The highest BCUT2D eigenvalue weighted by molar-refractivity contribution is 6.04. The highest BCUT2D eigenvalue weighted by Crippen LogP contribution is 2.44. The molecule has 2 amide bonds. The number of para-hydroxylation sites is 1. The molecule has 4 heterocycles. The first-order valence-electron chi connectivity index (χ1n) is 11.7. The number of ether oxygens (including phenoxy) is 1. The zero-order chi connectivity index (χ0) is 24.7. The largest absolute Gasteiger partial charge is 0.342 e. The first-order valence-corrected chi connectivity index (χ1v) is 11.7. The van der Waals surface area contributed by atoms with Crippen LogP contribution in [0, 0.1) is 0 Å². The maximum Gasteiger partial charge on any atom is 0.257 e. The monoisotopic (exact) mass is 480 g/mol. The number of nitrogens with zero attached hydrogens (tertiary/aromatic N) is 4. The van der Waals surface area contributed by atoms with Gasteiger partial charge in [-0.25, -0.2) is 8.78 Å². The van der Waals surface area contributed by atoms with Gasteiger partial charge in [0.1, 0.15) is 17.6 Å². The van der Waals surface area contributed by atoms with E-state index in [4.69, 9.17) is 4.74 Å². The van der Waals surface area contributed by atoms with Crippen LogP contribution in [0.1, 0.15) is 43.0 Å². The molecule has 0 N–H and O–H groups in total. The molecule has 2 atom stereocenters. The molecule has 0 unspecified atom stereocenters. The number of amides is 2. The summed E-state index contributed by atoms with van der Waals surface area (Å²) in [6.45, 7) is 5.81. The number of benzene rings is 1.